The number of hydrogen-bond donors (Lipinski definition) is 1. The lowest BCUT2D eigenvalue weighted by molar-refractivity contribution is -0.133. The number of carbonyl (C=O) groups is 1. The van der Waals surface area contributed by atoms with Crippen molar-refractivity contribution in [3.63, 3.8) is 0 Å². The van der Waals surface area contributed by atoms with Crippen LogP contribution >= 0.6 is 23.2 Å². The van der Waals surface area contributed by atoms with E-state index in [1.165, 1.54) is 0 Å². The van der Waals surface area contributed by atoms with E-state index in [-0.39, 0.29) is 18.0 Å². The van der Waals surface area contributed by atoms with E-state index in [0.717, 1.165) is 67.8 Å². The Balaban J connectivity index is 1.34. The fourth-order valence-electron chi connectivity index (χ4n) is 4.81. The fourth-order valence-corrected chi connectivity index (χ4v) is 5.38. The van der Waals surface area contributed by atoms with E-state index in [9.17, 15) is 4.79 Å². The van der Waals surface area contributed by atoms with Gasteiger partial charge in [0.05, 0.1) is 29.4 Å². The Labute approximate surface area is 198 Å². The summed E-state index contributed by atoms with van der Waals surface area (Å²) in [7, 11) is 0. The molecule has 1 amide bonds. The molecule has 0 spiro atoms. The van der Waals surface area contributed by atoms with Crippen molar-refractivity contribution >= 4 is 45.8 Å². The van der Waals surface area contributed by atoms with Crippen LogP contribution in [0.5, 0.6) is 0 Å². The minimum atomic E-state index is 0.00781. The van der Waals surface area contributed by atoms with Crippen LogP contribution in [0.15, 0.2) is 42.7 Å². The lowest BCUT2D eigenvalue weighted by atomic mass is 10.1. The van der Waals surface area contributed by atoms with Gasteiger partial charge in [-0.05, 0) is 62.2 Å². The number of anilines is 1. The summed E-state index contributed by atoms with van der Waals surface area (Å²) in [5.74, 6) is 0.254. The van der Waals surface area contributed by atoms with Crippen LogP contribution in [-0.2, 0) is 4.79 Å². The van der Waals surface area contributed by atoms with Crippen molar-refractivity contribution in [2.45, 2.75) is 31.8 Å². The molecule has 0 saturated carbocycles. The fraction of sp³-hybridized carbons (Fsp3) is 0.417. The second-order valence-electron chi connectivity index (χ2n) is 8.63. The highest BCUT2D eigenvalue weighted by atomic mass is 35.5. The third-order valence-corrected chi connectivity index (χ3v) is 7.27. The topological polar surface area (TPSA) is 53.4 Å². The van der Waals surface area contributed by atoms with E-state index >= 15 is 0 Å². The number of halogens is 2. The van der Waals surface area contributed by atoms with Gasteiger partial charge in [-0.1, -0.05) is 29.3 Å². The van der Waals surface area contributed by atoms with Crippen LogP contribution < -0.4 is 10.2 Å². The number of amides is 1. The van der Waals surface area contributed by atoms with Gasteiger partial charge in [-0.15, -0.1) is 0 Å². The summed E-state index contributed by atoms with van der Waals surface area (Å²) in [6.45, 7) is 6.23. The van der Waals surface area contributed by atoms with Crippen molar-refractivity contribution in [1.82, 2.24) is 19.8 Å². The number of benzene rings is 2. The zero-order chi connectivity index (χ0) is 22.2. The number of carbonyl (C=O) groups excluding carboxylic acids is 1. The van der Waals surface area contributed by atoms with E-state index < -0.39 is 0 Å². The molecule has 1 N–H and O–H groups in total. The van der Waals surface area contributed by atoms with Gasteiger partial charge in [0.1, 0.15) is 0 Å². The zero-order valence-electron chi connectivity index (χ0n) is 18.1. The Kier molecular flexibility index (Phi) is 6.01. The van der Waals surface area contributed by atoms with Crippen molar-refractivity contribution in [3.05, 3.63) is 58.3 Å². The number of nitrogens with zero attached hydrogens (tertiary/aromatic N) is 4. The van der Waals surface area contributed by atoms with Crippen LogP contribution in [0.3, 0.4) is 0 Å². The molecule has 6 nitrogen and oxygen atoms in total. The molecular weight excluding hydrogens is 445 g/mol. The van der Waals surface area contributed by atoms with Crippen LogP contribution in [-0.4, -0.2) is 59.1 Å². The van der Waals surface area contributed by atoms with Gasteiger partial charge in [0.15, 0.2) is 0 Å². The molecule has 3 heterocycles. The van der Waals surface area contributed by atoms with Gasteiger partial charge in [0, 0.05) is 41.9 Å². The van der Waals surface area contributed by atoms with Crippen LogP contribution in [0, 0.1) is 0 Å². The van der Waals surface area contributed by atoms with Crippen LogP contribution in [0.4, 0.5) is 5.69 Å². The molecule has 3 aromatic rings. The molecule has 0 unspecified atom stereocenters. The minimum Gasteiger partial charge on any atom is -0.368 e. The Morgan fingerprint density at radius 3 is 2.66 bits per heavy atom. The highest BCUT2D eigenvalue weighted by Gasteiger charge is 2.29. The highest BCUT2D eigenvalue weighted by molar-refractivity contribution is 6.35. The Morgan fingerprint density at radius 1 is 1.12 bits per heavy atom. The predicted molar refractivity (Wildman–Crippen MR) is 130 cm³/mol. The maximum Gasteiger partial charge on any atom is 0.239 e. The van der Waals surface area contributed by atoms with Gasteiger partial charge in [0.2, 0.25) is 5.91 Å². The van der Waals surface area contributed by atoms with Crippen LogP contribution in [0.1, 0.15) is 31.4 Å². The maximum absolute atomic E-state index is 12.7. The van der Waals surface area contributed by atoms with Crippen LogP contribution in [0.2, 0.25) is 10.0 Å². The molecule has 0 bridgehead atoms. The molecule has 2 atom stereocenters. The van der Waals surface area contributed by atoms with Gasteiger partial charge < -0.3 is 19.7 Å². The SMILES string of the molecule is C[C@H](c1ccc(Cl)cc1Cl)n1cnc2ccc(N3CCN(C(=O)[C@H]4CCCN4)CC3)cc21. The number of piperazine rings is 1. The van der Waals surface area contributed by atoms with Gasteiger partial charge in [-0.3, -0.25) is 4.79 Å². The maximum atomic E-state index is 12.7. The van der Waals surface area contributed by atoms with Gasteiger partial charge >= 0.3 is 0 Å². The summed E-state index contributed by atoms with van der Waals surface area (Å²) >= 11 is 12.5. The molecule has 2 saturated heterocycles. The molecule has 168 valence electrons. The van der Waals surface area contributed by atoms with E-state index in [2.05, 4.69) is 44.9 Å². The second-order valence-corrected chi connectivity index (χ2v) is 9.47. The summed E-state index contributed by atoms with van der Waals surface area (Å²) in [5, 5.41) is 4.60. The van der Waals surface area contributed by atoms with E-state index in [1.807, 2.05) is 23.4 Å². The van der Waals surface area contributed by atoms with E-state index in [1.54, 1.807) is 6.07 Å². The molecule has 2 fully saturated rings. The summed E-state index contributed by atoms with van der Waals surface area (Å²) in [6, 6.07) is 12.0. The number of nitrogens with one attached hydrogen (secondary N) is 1. The average Bonchev–Trinajstić information content (AvgIpc) is 3.48. The van der Waals surface area contributed by atoms with E-state index in [0.29, 0.717) is 10.0 Å². The standard InChI is InChI=1S/C24H27Cl2N5O/c1-16(19-6-4-17(25)13-20(19)26)31-15-28-21-7-5-18(14-23(21)31)29-9-11-30(12-10-29)24(32)22-3-2-8-27-22/h4-7,13-16,22,27H,2-3,8-12H2,1H3/t16-,22-/m1/s1. The van der Waals surface area contributed by atoms with Crippen LogP contribution in [0.25, 0.3) is 11.0 Å². The number of imidazole rings is 1. The lowest BCUT2D eigenvalue weighted by Gasteiger charge is -2.37. The Morgan fingerprint density at radius 2 is 1.94 bits per heavy atom. The van der Waals surface area contributed by atoms with Gasteiger partial charge in [-0.2, -0.15) is 0 Å². The third-order valence-electron chi connectivity index (χ3n) is 6.70. The molecule has 32 heavy (non-hydrogen) atoms. The first kappa shape index (κ1) is 21.6. The Bertz CT molecular complexity index is 1130. The minimum absolute atomic E-state index is 0.00781. The normalized spacial score (nSPS) is 20.2. The second kappa shape index (κ2) is 8.93. The van der Waals surface area contributed by atoms with E-state index in [4.69, 9.17) is 23.2 Å². The van der Waals surface area contributed by atoms with Crippen molar-refractivity contribution < 1.29 is 4.79 Å². The number of fused-ring (bicyclic) bond motifs is 1. The summed E-state index contributed by atoms with van der Waals surface area (Å²) in [4.78, 5) is 21.7. The molecule has 1 aromatic heterocycles. The molecule has 5 rings (SSSR count). The molecule has 0 radical (unpaired) electrons. The van der Waals surface area contributed by atoms with Crippen molar-refractivity contribution in [3.8, 4) is 0 Å². The van der Waals surface area contributed by atoms with Crippen molar-refractivity contribution in [2.24, 2.45) is 0 Å². The number of aromatic nitrogens is 2. The Hall–Kier alpha value is -2.28. The molecule has 8 heteroatoms. The largest absolute Gasteiger partial charge is 0.368 e. The number of hydrogen-bond acceptors (Lipinski definition) is 4. The summed E-state index contributed by atoms with van der Waals surface area (Å²) < 4.78 is 2.15. The average molecular weight is 472 g/mol. The first-order chi connectivity index (χ1) is 15.5. The zero-order valence-corrected chi connectivity index (χ0v) is 19.6. The first-order valence-corrected chi connectivity index (χ1v) is 12.0. The molecule has 2 aliphatic rings. The van der Waals surface area contributed by atoms with Crippen molar-refractivity contribution in [2.75, 3.05) is 37.6 Å². The summed E-state index contributed by atoms with van der Waals surface area (Å²) in [5.41, 5.74) is 4.18. The molecular formula is C24H27Cl2N5O. The molecule has 2 aromatic carbocycles. The predicted octanol–water partition coefficient (Wildman–Crippen LogP) is 4.35. The number of rotatable bonds is 4. The molecule has 2 aliphatic heterocycles. The third kappa shape index (κ3) is 4.07. The van der Waals surface area contributed by atoms with Gasteiger partial charge in [-0.25, -0.2) is 4.98 Å². The lowest BCUT2D eigenvalue weighted by Crippen LogP contribution is -2.53. The highest BCUT2D eigenvalue weighted by Crippen LogP contribution is 2.32. The quantitative estimate of drug-likeness (QED) is 0.614. The monoisotopic (exact) mass is 471 g/mol. The van der Waals surface area contributed by atoms with Crippen molar-refractivity contribution in [1.29, 1.82) is 0 Å². The summed E-state index contributed by atoms with van der Waals surface area (Å²) in [6.07, 6.45) is 3.91. The van der Waals surface area contributed by atoms with Gasteiger partial charge in [0.25, 0.3) is 0 Å². The molecule has 0 aliphatic carbocycles. The smallest absolute Gasteiger partial charge is 0.239 e. The first-order valence-electron chi connectivity index (χ1n) is 11.2.